The van der Waals surface area contributed by atoms with Crippen LogP contribution in [0.4, 0.5) is 11.4 Å². The average Bonchev–Trinajstić information content (AvgIpc) is 2.52. The van der Waals surface area contributed by atoms with Gasteiger partial charge >= 0.3 is 5.97 Å². The van der Waals surface area contributed by atoms with Gasteiger partial charge in [0, 0.05) is 12.1 Å². The van der Waals surface area contributed by atoms with Crippen LogP contribution < -0.4 is 0 Å². The van der Waals surface area contributed by atoms with Crippen molar-refractivity contribution in [3.8, 4) is 0 Å². The predicted octanol–water partition coefficient (Wildman–Crippen LogP) is 3.73. The minimum absolute atomic E-state index is 0.0430. The molecule has 1 aromatic rings. The molecule has 4 fully saturated rings. The first kappa shape index (κ1) is 16.9. The van der Waals surface area contributed by atoms with Crippen molar-refractivity contribution in [3.63, 3.8) is 0 Å². The highest BCUT2D eigenvalue weighted by atomic mass is 16.6. The summed E-state index contributed by atoms with van der Waals surface area (Å²) in [6, 6.07) is 2.90. The molecule has 0 heterocycles. The number of hydrogen-bond acceptors (Lipinski definition) is 5. The molecule has 0 aromatic heterocycles. The van der Waals surface area contributed by atoms with Crippen molar-refractivity contribution in [2.24, 2.45) is 17.3 Å². The van der Waals surface area contributed by atoms with E-state index in [1.165, 1.54) is 19.1 Å². The highest BCUT2D eigenvalue weighted by Gasteiger charge is 2.61. The molecule has 2 unspecified atom stereocenters. The van der Waals surface area contributed by atoms with E-state index in [1.54, 1.807) is 0 Å². The zero-order chi connectivity index (χ0) is 18.9. The molecule has 138 valence electrons. The summed E-state index contributed by atoms with van der Waals surface area (Å²) >= 11 is 0. The van der Waals surface area contributed by atoms with Crippen molar-refractivity contribution in [1.29, 1.82) is 0 Å². The molecule has 0 spiro atoms. The Bertz CT molecular complexity index is 799. The summed E-state index contributed by atoms with van der Waals surface area (Å²) in [7, 11) is 0. The summed E-state index contributed by atoms with van der Waals surface area (Å²) in [5, 5.41) is 32.7. The molecule has 4 bridgehead atoms. The number of carbonyl (C=O) groups is 1. The van der Waals surface area contributed by atoms with Gasteiger partial charge in [-0.1, -0.05) is 0 Å². The van der Waals surface area contributed by atoms with Gasteiger partial charge in [-0.15, -0.1) is 0 Å². The summed E-state index contributed by atoms with van der Waals surface area (Å²) in [5.41, 5.74) is -1.20. The van der Waals surface area contributed by atoms with Gasteiger partial charge in [0.2, 0.25) is 0 Å². The van der Waals surface area contributed by atoms with E-state index in [0.717, 1.165) is 19.3 Å². The first-order chi connectivity index (χ1) is 12.2. The average molecular weight is 360 g/mol. The van der Waals surface area contributed by atoms with Gasteiger partial charge in [-0.05, 0) is 68.3 Å². The van der Waals surface area contributed by atoms with E-state index in [4.69, 9.17) is 0 Å². The fourth-order valence-electron chi connectivity index (χ4n) is 6.22. The van der Waals surface area contributed by atoms with Crippen LogP contribution in [0.25, 0.3) is 0 Å². The third kappa shape index (κ3) is 2.24. The van der Waals surface area contributed by atoms with Crippen LogP contribution in [0.3, 0.4) is 0 Å². The van der Waals surface area contributed by atoms with Crippen LogP contribution in [0.5, 0.6) is 0 Å². The third-order valence-corrected chi connectivity index (χ3v) is 6.87. The van der Waals surface area contributed by atoms with Crippen molar-refractivity contribution in [1.82, 2.24) is 0 Å². The maximum atomic E-state index is 12.0. The lowest BCUT2D eigenvalue weighted by Crippen LogP contribution is -2.56. The number of carboxylic acid groups (broad SMARTS) is 1. The van der Waals surface area contributed by atoms with Gasteiger partial charge < -0.3 is 5.11 Å². The van der Waals surface area contributed by atoms with Crippen LogP contribution >= 0.6 is 0 Å². The summed E-state index contributed by atoms with van der Waals surface area (Å²) in [4.78, 5) is 33.7. The maximum absolute atomic E-state index is 12.0. The SMILES string of the molecule is Cc1c([N+](=O)[O-])cc(C23C[C@@H]4C[C@@H](CC(C(=O)O)(C4)C2)C3)cc1[N+](=O)[O-]. The zero-order valence-corrected chi connectivity index (χ0v) is 14.4. The van der Waals surface area contributed by atoms with E-state index in [2.05, 4.69) is 0 Å². The van der Waals surface area contributed by atoms with Gasteiger partial charge in [0.1, 0.15) is 5.56 Å². The Morgan fingerprint density at radius 3 is 2.00 bits per heavy atom. The highest BCUT2D eigenvalue weighted by molar-refractivity contribution is 5.76. The summed E-state index contributed by atoms with van der Waals surface area (Å²) in [6.07, 6.45) is 4.23. The Morgan fingerprint density at radius 2 is 1.58 bits per heavy atom. The minimum Gasteiger partial charge on any atom is -0.481 e. The van der Waals surface area contributed by atoms with Crippen LogP contribution in [-0.4, -0.2) is 20.9 Å². The monoisotopic (exact) mass is 360 g/mol. The second kappa shape index (κ2) is 5.25. The topological polar surface area (TPSA) is 124 Å². The number of aliphatic carboxylic acids is 1. The fourth-order valence-corrected chi connectivity index (χ4v) is 6.22. The molecule has 0 saturated heterocycles. The molecule has 0 radical (unpaired) electrons. The molecular weight excluding hydrogens is 340 g/mol. The standard InChI is InChI=1S/C18H20N2O6/c1-10-14(19(23)24)3-13(4-15(10)20(25)26)17-5-11-2-12(6-17)8-18(7-11,9-17)16(21)22/h3-4,11-12H,2,5-9H2,1H3,(H,21,22)/t11-,12+,17?,18?. The van der Waals surface area contributed by atoms with Crippen molar-refractivity contribution < 1.29 is 19.7 Å². The molecule has 4 aliphatic rings. The largest absolute Gasteiger partial charge is 0.481 e. The number of nitro benzene ring substituents is 2. The number of hydrogen-bond donors (Lipinski definition) is 1. The van der Waals surface area contributed by atoms with Gasteiger partial charge in [0.05, 0.1) is 15.3 Å². The maximum Gasteiger partial charge on any atom is 0.309 e. The molecule has 4 saturated carbocycles. The third-order valence-electron chi connectivity index (χ3n) is 6.87. The Labute approximate surface area is 149 Å². The van der Waals surface area contributed by atoms with E-state index >= 15 is 0 Å². The quantitative estimate of drug-likeness (QED) is 0.644. The molecular formula is C18H20N2O6. The van der Waals surface area contributed by atoms with Crippen LogP contribution in [0, 0.1) is 44.4 Å². The number of nitro groups is 2. The number of benzene rings is 1. The molecule has 4 atom stereocenters. The van der Waals surface area contributed by atoms with E-state index in [9.17, 15) is 30.1 Å². The molecule has 0 aliphatic heterocycles. The Balaban J connectivity index is 1.88. The van der Waals surface area contributed by atoms with E-state index < -0.39 is 26.6 Å². The minimum atomic E-state index is -0.799. The normalized spacial score (nSPS) is 34.7. The smallest absolute Gasteiger partial charge is 0.309 e. The van der Waals surface area contributed by atoms with Gasteiger partial charge in [0.25, 0.3) is 11.4 Å². The molecule has 26 heavy (non-hydrogen) atoms. The number of rotatable bonds is 4. The Hall–Kier alpha value is -2.51. The van der Waals surface area contributed by atoms with E-state index in [1.807, 2.05) is 0 Å². The van der Waals surface area contributed by atoms with E-state index in [-0.39, 0.29) is 28.8 Å². The molecule has 5 rings (SSSR count). The fraction of sp³-hybridized carbons (Fsp3) is 0.611. The van der Waals surface area contributed by atoms with Crippen molar-refractivity contribution in [2.75, 3.05) is 0 Å². The van der Waals surface area contributed by atoms with Crippen molar-refractivity contribution in [3.05, 3.63) is 43.5 Å². The van der Waals surface area contributed by atoms with Crippen molar-refractivity contribution in [2.45, 2.75) is 50.9 Å². The highest BCUT2D eigenvalue weighted by Crippen LogP contribution is 2.66. The lowest BCUT2D eigenvalue weighted by Gasteiger charge is -2.60. The Morgan fingerprint density at radius 1 is 1.08 bits per heavy atom. The van der Waals surface area contributed by atoms with Gasteiger partial charge in [0.15, 0.2) is 0 Å². The lowest BCUT2D eigenvalue weighted by molar-refractivity contribution is -0.395. The van der Waals surface area contributed by atoms with Crippen LogP contribution in [0.15, 0.2) is 12.1 Å². The Kier molecular flexibility index (Phi) is 3.42. The van der Waals surface area contributed by atoms with Gasteiger partial charge in [-0.25, -0.2) is 0 Å². The second-order valence-electron chi connectivity index (χ2n) is 8.48. The molecule has 8 heteroatoms. The second-order valence-corrected chi connectivity index (χ2v) is 8.48. The summed E-state index contributed by atoms with van der Waals surface area (Å²) in [5.74, 6) is -0.259. The zero-order valence-electron chi connectivity index (χ0n) is 14.4. The number of carboxylic acids is 1. The number of nitrogens with zero attached hydrogens (tertiary/aromatic N) is 2. The first-order valence-electron chi connectivity index (χ1n) is 8.83. The van der Waals surface area contributed by atoms with E-state index in [0.29, 0.717) is 24.8 Å². The molecule has 1 aromatic carbocycles. The molecule has 4 aliphatic carbocycles. The van der Waals surface area contributed by atoms with Gasteiger partial charge in [-0.2, -0.15) is 0 Å². The summed E-state index contributed by atoms with van der Waals surface area (Å²) < 4.78 is 0. The molecule has 1 N–H and O–H groups in total. The first-order valence-corrected chi connectivity index (χ1v) is 8.83. The summed E-state index contributed by atoms with van der Waals surface area (Å²) in [6.45, 7) is 1.39. The molecule has 8 nitrogen and oxygen atoms in total. The van der Waals surface area contributed by atoms with Crippen LogP contribution in [-0.2, 0) is 10.2 Å². The van der Waals surface area contributed by atoms with Crippen LogP contribution in [0.1, 0.15) is 49.7 Å². The molecule has 0 amide bonds. The van der Waals surface area contributed by atoms with Crippen molar-refractivity contribution >= 4 is 17.3 Å². The lowest BCUT2D eigenvalue weighted by atomic mass is 9.43. The predicted molar refractivity (Wildman–Crippen MR) is 90.9 cm³/mol. The van der Waals surface area contributed by atoms with Gasteiger partial charge in [-0.3, -0.25) is 25.0 Å². The van der Waals surface area contributed by atoms with Crippen LogP contribution in [0.2, 0.25) is 0 Å².